The molecule has 1 amide bonds. The lowest BCUT2D eigenvalue weighted by Gasteiger charge is -2.25. The molecule has 0 saturated heterocycles. The highest BCUT2D eigenvalue weighted by Gasteiger charge is 2.21. The van der Waals surface area contributed by atoms with Crippen molar-refractivity contribution in [1.29, 1.82) is 0 Å². The van der Waals surface area contributed by atoms with Crippen molar-refractivity contribution in [3.8, 4) is 0 Å². The third-order valence-electron chi connectivity index (χ3n) is 3.74. The Morgan fingerprint density at radius 2 is 2.23 bits per heavy atom. The number of carbonyl (C=O) groups excluding carboxylic acids is 1. The smallest absolute Gasteiger partial charge is 0.254 e. The molecule has 1 aliphatic rings. The first-order valence-electron chi connectivity index (χ1n) is 7.04. The predicted octanol–water partition coefficient (Wildman–Crippen LogP) is 2.00. The van der Waals surface area contributed by atoms with Crippen LogP contribution in [0.2, 0.25) is 0 Å². The zero-order chi connectivity index (χ0) is 15.7. The molecule has 0 aromatic carbocycles. The summed E-state index contributed by atoms with van der Waals surface area (Å²) in [7, 11) is -3.18. The maximum absolute atomic E-state index is 12.1. The van der Waals surface area contributed by atoms with Crippen LogP contribution in [0, 0.1) is 0 Å². The number of hydrogen-bond donors (Lipinski definition) is 1. The molecule has 0 spiro atoms. The average Bonchev–Trinajstić information content (AvgIpc) is 3.02. The van der Waals surface area contributed by atoms with Crippen molar-refractivity contribution in [3.05, 3.63) is 35.0 Å². The van der Waals surface area contributed by atoms with Gasteiger partial charge in [0.1, 0.15) is 4.21 Å². The van der Waals surface area contributed by atoms with Crippen LogP contribution in [0.25, 0.3) is 0 Å². The number of carbonyl (C=O) groups is 1. The normalized spacial score (nSPS) is 15.5. The quantitative estimate of drug-likeness (QED) is 0.903. The lowest BCUT2D eigenvalue weighted by Crippen LogP contribution is -2.22. The average molecular weight is 339 g/mol. The Labute approximate surface area is 133 Å². The van der Waals surface area contributed by atoms with Gasteiger partial charge in [0.15, 0.2) is 9.84 Å². The van der Waals surface area contributed by atoms with E-state index in [0.717, 1.165) is 17.7 Å². The fourth-order valence-electron chi connectivity index (χ4n) is 2.23. The molecule has 118 valence electrons. The predicted molar refractivity (Wildman–Crippen MR) is 83.7 cm³/mol. The van der Waals surface area contributed by atoms with Gasteiger partial charge in [-0.25, -0.2) is 8.42 Å². The Bertz CT molecular complexity index is 788. The van der Waals surface area contributed by atoms with E-state index in [4.69, 9.17) is 0 Å². The third kappa shape index (κ3) is 3.22. The molecular weight excluding hydrogens is 322 g/mol. The molecular formula is C14H17N3O3S2. The molecule has 2 aromatic rings. The van der Waals surface area contributed by atoms with E-state index in [2.05, 4.69) is 10.4 Å². The van der Waals surface area contributed by atoms with E-state index in [9.17, 15) is 13.2 Å². The summed E-state index contributed by atoms with van der Waals surface area (Å²) in [5, 5.41) is 7.02. The molecule has 1 N–H and O–H groups in total. The van der Waals surface area contributed by atoms with Crippen molar-refractivity contribution >= 4 is 27.1 Å². The molecule has 1 aliphatic carbocycles. The van der Waals surface area contributed by atoms with E-state index in [1.165, 1.54) is 24.0 Å². The van der Waals surface area contributed by atoms with Gasteiger partial charge in [0.25, 0.3) is 5.91 Å². The minimum absolute atomic E-state index is 0.195. The maximum atomic E-state index is 12.1. The van der Waals surface area contributed by atoms with Gasteiger partial charge in [0.05, 0.1) is 24.3 Å². The number of aromatic nitrogens is 2. The number of nitrogens with one attached hydrogen (secondary N) is 1. The van der Waals surface area contributed by atoms with E-state index in [1.807, 2.05) is 4.68 Å². The van der Waals surface area contributed by atoms with Crippen molar-refractivity contribution in [2.24, 2.45) is 0 Å². The third-order valence-corrected chi connectivity index (χ3v) is 6.64. The molecule has 2 aromatic heterocycles. The second kappa shape index (κ2) is 5.85. The zero-order valence-corrected chi connectivity index (χ0v) is 13.8. The highest BCUT2D eigenvalue weighted by Crippen LogP contribution is 2.30. The van der Waals surface area contributed by atoms with Gasteiger partial charge in [-0.3, -0.25) is 9.48 Å². The van der Waals surface area contributed by atoms with Gasteiger partial charge in [0.2, 0.25) is 0 Å². The van der Waals surface area contributed by atoms with Crippen LogP contribution in [-0.4, -0.2) is 30.4 Å². The van der Waals surface area contributed by atoms with E-state index < -0.39 is 9.84 Å². The second-order valence-electron chi connectivity index (χ2n) is 5.47. The number of rotatable bonds is 5. The van der Waals surface area contributed by atoms with Crippen LogP contribution in [0.5, 0.6) is 0 Å². The topological polar surface area (TPSA) is 81.1 Å². The summed E-state index contributed by atoms with van der Waals surface area (Å²) in [6, 6.07) is 3.71. The molecule has 0 unspecified atom stereocenters. The van der Waals surface area contributed by atoms with Gasteiger partial charge < -0.3 is 5.32 Å². The summed E-state index contributed by atoms with van der Waals surface area (Å²) in [4.78, 5) is 12.9. The van der Waals surface area contributed by atoms with Crippen molar-refractivity contribution in [3.63, 3.8) is 0 Å². The number of hydrogen-bond acceptors (Lipinski definition) is 5. The van der Waals surface area contributed by atoms with E-state index in [1.54, 1.807) is 24.5 Å². The minimum atomic E-state index is -3.18. The minimum Gasteiger partial charge on any atom is -0.347 e. The first kappa shape index (κ1) is 15.2. The SMILES string of the molecule is CS(=O)(=O)c1ccc(CNC(=O)c2cnn(C3CCC3)c2)s1. The fourth-order valence-corrected chi connectivity index (χ4v) is 4.14. The lowest BCUT2D eigenvalue weighted by molar-refractivity contribution is 0.0951. The van der Waals surface area contributed by atoms with Crippen molar-refractivity contribution in [2.75, 3.05) is 6.26 Å². The van der Waals surface area contributed by atoms with Crippen LogP contribution in [0.4, 0.5) is 0 Å². The maximum Gasteiger partial charge on any atom is 0.254 e. The molecule has 1 fully saturated rings. The van der Waals surface area contributed by atoms with Crippen LogP contribution in [-0.2, 0) is 16.4 Å². The van der Waals surface area contributed by atoms with Crippen LogP contribution >= 0.6 is 11.3 Å². The molecule has 1 saturated carbocycles. The van der Waals surface area contributed by atoms with Crippen molar-refractivity contribution < 1.29 is 13.2 Å². The summed E-state index contributed by atoms with van der Waals surface area (Å²) >= 11 is 1.18. The van der Waals surface area contributed by atoms with E-state index in [0.29, 0.717) is 22.4 Å². The molecule has 0 atom stereocenters. The molecule has 3 rings (SSSR count). The zero-order valence-electron chi connectivity index (χ0n) is 12.2. The second-order valence-corrected chi connectivity index (χ2v) is 8.88. The van der Waals surface area contributed by atoms with Gasteiger partial charge in [-0.15, -0.1) is 11.3 Å². The fraction of sp³-hybridized carbons (Fsp3) is 0.429. The van der Waals surface area contributed by atoms with Gasteiger partial charge >= 0.3 is 0 Å². The Morgan fingerprint density at radius 1 is 1.45 bits per heavy atom. The molecule has 0 bridgehead atoms. The monoisotopic (exact) mass is 339 g/mol. The summed E-state index contributed by atoms with van der Waals surface area (Å²) < 4.78 is 25.0. The van der Waals surface area contributed by atoms with E-state index >= 15 is 0 Å². The Kier molecular flexibility index (Phi) is 4.05. The number of sulfone groups is 1. The highest BCUT2D eigenvalue weighted by atomic mass is 32.2. The lowest BCUT2D eigenvalue weighted by atomic mass is 9.93. The largest absolute Gasteiger partial charge is 0.347 e. The van der Waals surface area contributed by atoms with Crippen LogP contribution in [0.15, 0.2) is 28.7 Å². The van der Waals surface area contributed by atoms with E-state index in [-0.39, 0.29) is 5.91 Å². The first-order chi connectivity index (χ1) is 10.4. The summed E-state index contributed by atoms with van der Waals surface area (Å²) in [5.41, 5.74) is 0.534. The molecule has 2 heterocycles. The van der Waals surface area contributed by atoms with Crippen LogP contribution < -0.4 is 5.32 Å². The van der Waals surface area contributed by atoms with Crippen LogP contribution in [0.3, 0.4) is 0 Å². The first-order valence-corrected chi connectivity index (χ1v) is 9.75. The van der Waals surface area contributed by atoms with Crippen molar-refractivity contribution in [2.45, 2.75) is 36.1 Å². The van der Waals surface area contributed by atoms with Gasteiger partial charge in [0, 0.05) is 17.3 Å². The summed E-state index contributed by atoms with van der Waals surface area (Å²) in [6.45, 7) is 0.313. The van der Waals surface area contributed by atoms with Gasteiger partial charge in [-0.05, 0) is 31.4 Å². The Morgan fingerprint density at radius 3 is 2.82 bits per heavy atom. The molecule has 0 radical (unpaired) electrons. The van der Waals surface area contributed by atoms with Gasteiger partial charge in [-0.1, -0.05) is 0 Å². The number of amides is 1. The van der Waals surface area contributed by atoms with Gasteiger partial charge in [-0.2, -0.15) is 5.10 Å². The summed E-state index contributed by atoms with van der Waals surface area (Å²) in [6.07, 6.45) is 7.97. The standard InChI is InChI=1S/C14H17N3O3S2/c1-22(19,20)13-6-5-12(21-13)8-15-14(18)10-7-16-17(9-10)11-3-2-4-11/h5-7,9,11H,2-4,8H2,1H3,(H,15,18). The molecule has 6 nitrogen and oxygen atoms in total. The molecule has 8 heteroatoms. The molecule has 0 aliphatic heterocycles. The molecule has 22 heavy (non-hydrogen) atoms. The number of nitrogens with zero attached hydrogens (tertiary/aromatic N) is 2. The van der Waals surface area contributed by atoms with Crippen LogP contribution in [0.1, 0.15) is 40.5 Å². The van der Waals surface area contributed by atoms with Crippen molar-refractivity contribution in [1.82, 2.24) is 15.1 Å². The Hall–Kier alpha value is -1.67. The Balaban J connectivity index is 1.60. The summed E-state index contributed by atoms with van der Waals surface area (Å²) in [5.74, 6) is -0.195. The number of thiophene rings is 1. The highest BCUT2D eigenvalue weighted by molar-refractivity contribution is 7.92.